The largest absolute Gasteiger partial charge is 0.366 e. The third-order valence-corrected chi connectivity index (χ3v) is 3.40. The number of fused-ring (bicyclic) bond motifs is 1. The van der Waals surface area contributed by atoms with Crippen molar-refractivity contribution in [2.75, 3.05) is 5.32 Å². The van der Waals surface area contributed by atoms with E-state index >= 15 is 0 Å². The molecule has 0 unspecified atom stereocenters. The van der Waals surface area contributed by atoms with Crippen LogP contribution in [0.1, 0.15) is 30.2 Å². The first-order valence-corrected chi connectivity index (χ1v) is 7.25. The highest BCUT2D eigenvalue weighted by molar-refractivity contribution is 5.54. The van der Waals surface area contributed by atoms with Gasteiger partial charge >= 0.3 is 0 Å². The van der Waals surface area contributed by atoms with E-state index in [0.29, 0.717) is 0 Å². The summed E-state index contributed by atoms with van der Waals surface area (Å²) in [5.41, 5.74) is 4.26. The quantitative estimate of drug-likeness (QED) is 0.781. The van der Waals surface area contributed by atoms with E-state index < -0.39 is 0 Å². The number of anilines is 1. The number of pyridine rings is 1. The molecule has 3 aromatic rings. The van der Waals surface area contributed by atoms with Crippen LogP contribution in [0.25, 0.3) is 5.65 Å². The average molecular weight is 281 g/mol. The van der Waals surface area contributed by atoms with Crippen molar-refractivity contribution in [3.63, 3.8) is 0 Å². The summed E-state index contributed by atoms with van der Waals surface area (Å²) in [6, 6.07) is 6.08. The SMILES string of the molecule is CCCc1cc(NCc2cccnc2)n2ncc(C)c2n1. The molecule has 21 heavy (non-hydrogen) atoms. The second kappa shape index (κ2) is 5.91. The molecule has 0 amide bonds. The molecule has 0 fully saturated rings. The minimum atomic E-state index is 0.720. The molecule has 0 spiro atoms. The number of rotatable bonds is 5. The van der Waals surface area contributed by atoms with Gasteiger partial charge in [-0.25, -0.2) is 4.98 Å². The van der Waals surface area contributed by atoms with E-state index in [1.54, 1.807) is 6.20 Å². The van der Waals surface area contributed by atoms with Crippen LogP contribution < -0.4 is 5.32 Å². The molecule has 0 bridgehead atoms. The summed E-state index contributed by atoms with van der Waals surface area (Å²) in [6.45, 7) is 4.92. The zero-order valence-electron chi connectivity index (χ0n) is 12.4. The van der Waals surface area contributed by atoms with Crippen molar-refractivity contribution < 1.29 is 0 Å². The maximum Gasteiger partial charge on any atom is 0.160 e. The summed E-state index contributed by atoms with van der Waals surface area (Å²) in [4.78, 5) is 8.82. The van der Waals surface area contributed by atoms with Crippen molar-refractivity contribution in [2.24, 2.45) is 0 Å². The highest BCUT2D eigenvalue weighted by atomic mass is 15.3. The Bertz CT molecular complexity index is 733. The van der Waals surface area contributed by atoms with Crippen LogP contribution in [-0.4, -0.2) is 19.6 Å². The minimum absolute atomic E-state index is 0.720. The summed E-state index contributed by atoms with van der Waals surface area (Å²) in [5, 5.41) is 7.84. The Labute approximate surface area is 124 Å². The fourth-order valence-corrected chi connectivity index (χ4v) is 2.33. The minimum Gasteiger partial charge on any atom is -0.366 e. The molecular formula is C16H19N5. The topological polar surface area (TPSA) is 55.1 Å². The first kappa shape index (κ1) is 13.5. The fourth-order valence-electron chi connectivity index (χ4n) is 2.33. The molecule has 5 nitrogen and oxygen atoms in total. The summed E-state index contributed by atoms with van der Waals surface area (Å²) >= 11 is 0. The van der Waals surface area contributed by atoms with Crippen LogP contribution in [0.15, 0.2) is 36.8 Å². The summed E-state index contributed by atoms with van der Waals surface area (Å²) in [6.07, 6.45) is 7.56. The van der Waals surface area contributed by atoms with Gasteiger partial charge in [-0.2, -0.15) is 9.61 Å². The zero-order valence-corrected chi connectivity index (χ0v) is 12.4. The molecule has 1 N–H and O–H groups in total. The summed E-state index contributed by atoms with van der Waals surface area (Å²) in [5.74, 6) is 0.973. The van der Waals surface area contributed by atoms with Crippen molar-refractivity contribution in [1.82, 2.24) is 19.6 Å². The molecule has 0 saturated carbocycles. The van der Waals surface area contributed by atoms with Gasteiger partial charge in [0.15, 0.2) is 5.65 Å². The Morgan fingerprint density at radius 2 is 2.19 bits per heavy atom. The van der Waals surface area contributed by atoms with Crippen LogP contribution in [0.5, 0.6) is 0 Å². The molecule has 0 saturated heterocycles. The van der Waals surface area contributed by atoms with Crippen molar-refractivity contribution in [2.45, 2.75) is 33.2 Å². The zero-order chi connectivity index (χ0) is 14.7. The average Bonchev–Trinajstić information content (AvgIpc) is 2.88. The molecule has 108 valence electrons. The lowest BCUT2D eigenvalue weighted by Gasteiger charge is -2.10. The molecule has 0 aliphatic heterocycles. The van der Waals surface area contributed by atoms with Crippen LogP contribution in [0.4, 0.5) is 5.82 Å². The van der Waals surface area contributed by atoms with Crippen LogP contribution in [0.3, 0.4) is 0 Å². The second-order valence-corrected chi connectivity index (χ2v) is 5.16. The number of hydrogen-bond acceptors (Lipinski definition) is 4. The van der Waals surface area contributed by atoms with Gasteiger partial charge in [0.2, 0.25) is 0 Å². The number of aromatic nitrogens is 4. The van der Waals surface area contributed by atoms with Gasteiger partial charge in [0.25, 0.3) is 0 Å². The van der Waals surface area contributed by atoms with E-state index in [1.165, 1.54) is 0 Å². The maximum absolute atomic E-state index is 4.69. The highest BCUT2D eigenvalue weighted by Crippen LogP contribution is 2.17. The van der Waals surface area contributed by atoms with Gasteiger partial charge in [-0.05, 0) is 25.0 Å². The molecule has 3 aromatic heterocycles. The van der Waals surface area contributed by atoms with Crippen LogP contribution in [0.2, 0.25) is 0 Å². The van der Waals surface area contributed by atoms with Gasteiger partial charge < -0.3 is 5.32 Å². The monoisotopic (exact) mass is 281 g/mol. The Balaban J connectivity index is 1.92. The third kappa shape index (κ3) is 2.86. The van der Waals surface area contributed by atoms with E-state index in [9.17, 15) is 0 Å². The molecule has 3 rings (SSSR count). The van der Waals surface area contributed by atoms with Gasteiger partial charge in [-0.1, -0.05) is 19.4 Å². The molecule has 0 aliphatic carbocycles. The van der Waals surface area contributed by atoms with Gasteiger partial charge in [0.1, 0.15) is 5.82 Å². The summed E-state index contributed by atoms with van der Waals surface area (Å²) in [7, 11) is 0. The van der Waals surface area contributed by atoms with E-state index in [1.807, 2.05) is 29.9 Å². The molecule has 0 aliphatic rings. The van der Waals surface area contributed by atoms with Crippen molar-refractivity contribution in [3.05, 3.63) is 53.6 Å². The van der Waals surface area contributed by atoms with Gasteiger partial charge in [-0.3, -0.25) is 4.98 Å². The third-order valence-electron chi connectivity index (χ3n) is 3.40. The predicted molar refractivity (Wildman–Crippen MR) is 83.3 cm³/mol. The molecule has 0 radical (unpaired) electrons. The lowest BCUT2D eigenvalue weighted by atomic mass is 10.2. The standard InChI is InChI=1S/C16H19N5/c1-3-5-14-8-15(18-11-13-6-4-7-17-10-13)21-16(20-14)12(2)9-19-21/h4,6-10,18H,3,5,11H2,1-2H3. The van der Waals surface area contributed by atoms with E-state index in [-0.39, 0.29) is 0 Å². The first-order chi connectivity index (χ1) is 10.3. The van der Waals surface area contributed by atoms with Gasteiger partial charge in [0.05, 0.1) is 6.20 Å². The lowest BCUT2D eigenvalue weighted by Crippen LogP contribution is -2.08. The molecule has 5 heteroatoms. The Hall–Kier alpha value is -2.43. The van der Waals surface area contributed by atoms with Crippen molar-refractivity contribution in [3.8, 4) is 0 Å². The molecule has 3 heterocycles. The maximum atomic E-state index is 4.69. The predicted octanol–water partition coefficient (Wildman–Crippen LogP) is 3.00. The smallest absolute Gasteiger partial charge is 0.160 e. The number of hydrogen-bond donors (Lipinski definition) is 1. The van der Waals surface area contributed by atoms with Gasteiger partial charge in [-0.15, -0.1) is 0 Å². The van der Waals surface area contributed by atoms with Crippen molar-refractivity contribution in [1.29, 1.82) is 0 Å². The van der Waals surface area contributed by atoms with Gasteiger partial charge in [0, 0.05) is 36.3 Å². The Morgan fingerprint density at radius 3 is 2.95 bits per heavy atom. The van der Waals surface area contributed by atoms with E-state index in [4.69, 9.17) is 0 Å². The van der Waals surface area contributed by atoms with Crippen molar-refractivity contribution >= 4 is 11.5 Å². The van der Waals surface area contributed by atoms with Crippen LogP contribution in [0, 0.1) is 6.92 Å². The normalized spacial score (nSPS) is 11.0. The number of nitrogens with one attached hydrogen (secondary N) is 1. The number of nitrogens with zero attached hydrogens (tertiary/aromatic N) is 4. The Kier molecular flexibility index (Phi) is 3.81. The highest BCUT2D eigenvalue weighted by Gasteiger charge is 2.08. The first-order valence-electron chi connectivity index (χ1n) is 7.25. The molecule has 0 aromatic carbocycles. The van der Waals surface area contributed by atoms with Crippen LogP contribution in [-0.2, 0) is 13.0 Å². The molecule has 0 atom stereocenters. The number of aryl methyl sites for hydroxylation is 2. The lowest BCUT2D eigenvalue weighted by molar-refractivity contribution is 0.855. The second-order valence-electron chi connectivity index (χ2n) is 5.16. The van der Waals surface area contributed by atoms with E-state index in [2.05, 4.69) is 39.4 Å². The Morgan fingerprint density at radius 1 is 1.29 bits per heavy atom. The fraction of sp³-hybridized carbons (Fsp3) is 0.312. The summed E-state index contributed by atoms with van der Waals surface area (Å²) < 4.78 is 1.87. The van der Waals surface area contributed by atoms with Crippen LogP contribution >= 0.6 is 0 Å². The molecular weight excluding hydrogens is 262 g/mol. The van der Waals surface area contributed by atoms with E-state index in [0.717, 1.165) is 47.7 Å².